The molecule has 0 radical (unpaired) electrons. The number of allylic oxidation sites excluding steroid dienone is 2. The molecular formula is C32H59NO5. The number of carboxylic acids is 1. The first kappa shape index (κ1) is 36.1. The van der Waals surface area contributed by atoms with E-state index in [0.717, 1.165) is 44.9 Å². The smallest absolute Gasteiger partial charge is 0.322 e. The van der Waals surface area contributed by atoms with Crippen LogP contribution in [0.25, 0.3) is 0 Å². The van der Waals surface area contributed by atoms with Gasteiger partial charge in [-0.05, 0) is 57.8 Å². The van der Waals surface area contributed by atoms with Crippen LogP contribution in [-0.4, -0.2) is 35.6 Å². The summed E-state index contributed by atoms with van der Waals surface area (Å²) in [7, 11) is 0. The van der Waals surface area contributed by atoms with Crippen LogP contribution in [0.2, 0.25) is 0 Å². The first-order valence-electron chi connectivity index (χ1n) is 15.8. The van der Waals surface area contributed by atoms with E-state index in [2.05, 4.69) is 31.3 Å². The Morgan fingerprint density at radius 3 is 1.76 bits per heavy atom. The summed E-state index contributed by atoms with van der Waals surface area (Å²) in [6.45, 7) is 4.03. The Balaban J connectivity index is 3.62. The Hall–Kier alpha value is -1.85. The topological polar surface area (TPSA) is 92.7 Å². The zero-order valence-corrected chi connectivity index (χ0v) is 24.8. The van der Waals surface area contributed by atoms with E-state index < -0.39 is 5.97 Å². The fraction of sp³-hybridized carbons (Fsp3) is 0.844. The van der Waals surface area contributed by atoms with Crippen molar-refractivity contribution < 1.29 is 24.2 Å². The number of esters is 1. The number of carbonyl (C=O) groups excluding carboxylic acids is 2. The van der Waals surface area contributed by atoms with E-state index in [4.69, 9.17) is 9.84 Å². The molecule has 0 spiro atoms. The fourth-order valence-corrected chi connectivity index (χ4v) is 4.62. The second kappa shape index (κ2) is 28.2. The van der Waals surface area contributed by atoms with Gasteiger partial charge in [0.2, 0.25) is 5.91 Å². The summed E-state index contributed by atoms with van der Waals surface area (Å²) in [4.78, 5) is 34.3. The normalized spacial score (nSPS) is 12.1. The average molecular weight is 538 g/mol. The van der Waals surface area contributed by atoms with E-state index >= 15 is 0 Å². The molecule has 6 nitrogen and oxygen atoms in total. The van der Waals surface area contributed by atoms with E-state index in [0.29, 0.717) is 19.3 Å². The summed E-state index contributed by atoms with van der Waals surface area (Å²) < 4.78 is 5.72. The number of aliphatic carboxylic acids is 1. The number of carbonyl (C=O) groups is 3. The van der Waals surface area contributed by atoms with Crippen LogP contribution in [0.5, 0.6) is 0 Å². The fourth-order valence-electron chi connectivity index (χ4n) is 4.62. The number of carboxylic acid groups (broad SMARTS) is 1. The van der Waals surface area contributed by atoms with Crippen molar-refractivity contribution in [1.82, 2.24) is 5.32 Å². The van der Waals surface area contributed by atoms with Gasteiger partial charge in [-0.3, -0.25) is 14.4 Å². The highest BCUT2D eigenvalue weighted by Gasteiger charge is 2.13. The maximum Gasteiger partial charge on any atom is 0.322 e. The molecule has 0 saturated carbocycles. The van der Waals surface area contributed by atoms with E-state index in [-0.39, 0.29) is 24.5 Å². The lowest BCUT2D eigenvalue weighted by Crippen LogP contribution is -2.28. The number of hydrogen-bond acceptors (Lipinski definition) is 4. The molecule has 0 aliphatic heterocycles. The first-order valence-corrected chi connectivity index (χ1v) is 15.8. The van der Waals surface area contributed by atoms with Crippen molar-refractivity contribution >= 4 is 17.8 Å². The van der Waals surface area contributed by atoms with Gasteiger partial charge in [-0.1, -0.05) is 103 Å². The van der Waals surface area contributed by atoms with Crippen molar-refractivity contribution in [2.75, 3.05) is 6.54 Å². The molecule has 0 heterocycles. The van der Waals surface area contributed by atoms with E-state index in [9.17, 15) is 14.4 Å². The molecular weight excluding hydrogens is 478 g/mol. The standard InChI is InChI=1S/C32H59NO5/c1-3-5-6-7-8-9-10-11-12-13-14-15-16-17-18-19-23-27-32(37)38-29(24-4-2)25-21-20-22-26-30(34)33-28-31(35)36/h11-12,29H,3-10,13-28H2,1-2H3,(H,33,34)(H,35,36)/b12-11-. The van der Waals surface area contributed by atoms with Crippen molar-refractivity contribution in [3.05, 3.63) is 12.2 Å². The second-order valence-corrected chi connectivity index (χ2v) is 10.7. The van der Waals surface area contributed by atoms with Crippen LogP contribution in [0, 0.1) is 0 Å². The molecule has 0 aromatic rings. The van der Waals surface area contributed by atoms with Gasteiger partial charge in [0.15, 0.2) is 0 Å². The Morgan fingerprint density at radius 2 is 1.18 bits per heavy atom. The summed E-state index contributed by atoms with van der Waals surface area (Å²) in [6.07, 6.45) is 29.7. The molecule has 0 rings (SSSR count). The van der Waals surface area contributed by atoms with Crippen LogP contribution < -0.4 is 5.32 Å². The highest BCUT2D eigenvalue weighted by Crippen LogP contribution is 2.16. The minimum Gasteiger partial charge on any atom is -0.480 e. The second-order valence-electron chi connectivity index (χ2n) is 10.7. The molecule has 2 N–H and O–H groups in total. The number of hydrogen-bond donors (Lipinski definition) is 2. The first-order chi connectivity index (χ1) is 18.5. The highest BCUT2D eigenvalue weighted by atomic mass is 16.5. The van der Waals surface area contributed by atoms with Gasteiger partial charge in [0.1, 0.15) is 12.6 Å². The predicted octanol–water partition coefficient (Wildman–Crippen LogP) is 8.67. The van der Waals surface area contributed by atoms with E-state index in [1.165, 1.54) is 83.5 Å². The summed E-state index contributed by atoms with van der Waals surface area (Å²) in [5.74, 6) is -1.34. The lowest BCUT2D eigenvalue weighted by molar-refractivity contribution is -0.150. The Kier molecular flexibility index (Phi) is 26.8. The molecule has 0 aromatic carbocycles. The van der Waals surface area contributed by atoms with E-state index in [1.807, 2.05) is 0 Å². The molecule has 6 heteroatoms. The number of rotatable bonds is 28. The van der Waals surface area contributed by atoms with Crippen molar-refractivity contribution in [2.45, 2.75) is 168 Å². The van der Waals surface area contributed by atoms with Gasteiger partial charge in [0.05, 0.1) is 0 Å². The molecule has 222 valence electrons. The number of nitrogens with one attached hydrogen (secondary N) is 1. The SMILES string of the molecule is CCCCCCCC/C=C\CCCCCCCCCC(=O)OC(CCC)CCCCCC(=O)NCC(=O)O. The predicted molar refractivity (Wildman–Crippen MR) is 157 cm³/mol. The van der Waals surface area contributed by atoms with Crippen molar-refractivity contribution in [2.24, 2.45) is 0 Å². The molecule has 0 aliphatic carbocycles. The van der Waals surface area contributed by atoms with Crippen molar-refractivity contribution in [3.8, 4) is 0 Å². The maximum absolute atomic E-state index is 12.3. The van der Waals surface area contributed by atoms with Crippen LogP contribution >= 0.6 is 0 Å². The summed E-state index contributed by atoms with van der Waals surface area (Å²) in [6, 6.07) is 0. The Morgan fingerprint density at radius 1 is 0.658 bits per heavy atom. The third-order valence-electron chi connectivity index (χ3n) is 6.92. The Labute approximate surface area is 233 Å². The van der Waals surface area contributed by atoms with Gasteiger partial charge in [-0.2, -0.15) is 0 Å². The maximum atomic E-state index is 12.3. The lowest BCUT2D eigenvalue weighted by atomic mass is 10.0. The third kappa shape index (κ3) is 27.2. The number of amides is 1. The van der Waals surface area contributed by atoms with Crippen molar-refractivity contribution in [3.63, 3.8) is 0 Å². The zero-order chi connectivity index (χ0) is 28.1. The summed E-state index contributed by atoms with van der Waals surface area (Å²) >= 11 is 0. The molecule has 38 heavy (non-hydrogen) atoms. The molecule has 0 fully saturated rings. The summed E-state index contributed by atoms with van der Waals surface area (Å²) in [5.41, 5.74) is 0. The monoisotopic (exact) mass is 537 g/mol. The van der Waals surface area contributed by atoms with Gasteiger partial charge in [0.25, 0.3) is 0 Å². The van der Waals surface area contributed by atoms with Crippen LogP contribution in [0.15, 0.2) is 12.2 Å². The van der Waals surface area contributed by atoms with Crippen LogP contribution in [0.3, 0.4) is 0 Å². The quantitative estimate of drug-likeness (QED) is 0.0591. The van der Waals surface area contributed by atoms with Crippen LogP contribution in [0.1, 0.15) is 162 Å². The minimum absolute atomic E-state index is 0.0341. The van der Waals surface area contributed by atoms with Gasteiger partial charge < -0.3 is 15.2 Å². The molecule has 0 aliphatic rings. The van der Waals surface area contributed by atoms with Gasteiger partial charge in [-0.25, -0.2) is 0 Å². The van der Waals surface area contributed by atoms with Crippen LogP contribution in [-0.2, 0) is 19.1 Å². The average Bonchev–Trinajstić information content (AvgIpc) is 2.89. The molecule has 0 bridgehead atoms. The summed E-state index contributed by atoms with van der Waals surface area (Å²) in [5, 5.41) is 10.9. The largest absolute Gasteiger partial charge is 0.480 e. The van der Waals surface area contributed by atoms with Crippen molar-refractivity contribution in [1.29, 1.82) is 0 Å². The molecule has 1 unspecified atom stereocenters. The molecule has 1 atom stereocenters. The number of unbranched alkanes of at least 4 members (excludes halogenated alkanes) is 15. The molecule has 1 amide bonds. The highest BCUT2D eigenvalue weighted by molar-refractivity contribution is 5.80. The number of ether oxygens (including phenoxy) is 1. The van der Waals surface area contributed by atoms with Gasteiger partial charge >= 0.3 is 11.9 Å². The van der Waals surface area contributed by atoms with Crippen LogP contribution in [0.4, 0.5) is 0 Å². The molecule has 0 saturated heterocycles. The van der Waals surface area contributed by atoms with E-state index in [1.54, 1.807) is 0 Å². The third-order valence-corrected chi connectivity index (χ3v) is 6.92. The Bertz CT molecular complexity index is 605. The lowest BCUT2D eigenvalue weighted by Gasteiger charge is -2.17. The van der Waals surface area contributed by atoms with Gasteiger partial charge in [-0.15, -0.1) is 0 Å². The molecule has 0 aromatic heterocycles. The van der Waals surface area contributed by atoms with Gasteiger partial charge in [0, 0.05) is 12.8 Å². The minimum atomic E-state index is -1.03. The zero-order valence-electron chi connectivity index (χ0n) is 24.8.